The zero-order valence-corrected chi connectivity index (χ0v) is 22.2. The number of likely N-dealkylation sites (tertiary alicyclic amines) is 1. The van der Waals surface area contributed by atoms with E-state index in [1.807, 2.05) is 36.4 Å². The number of amides is 1. The molecule has 2 heterocycles. The number of rotatable bonds is 13. The molecule has 8 heteroatoms. The average molecular weight is 506 g/mol. The third-order valence-electron chi connectivity index (χ3n) is 6.89. The van der Waals surface area contributed by atoms with E-state index in [1.54, 1.807) is 7.11 Å². The molecule has 1 saturated heterocycles. The van der Waals surface area contributed by atoms with Crippen molar-refractivity contribution in [2.45, 2.75) is 12.8 Å². The molecule has 0 unspecified atom stereocenters. The van der Waals surface area contributed by atoms with Gasteiger partial charge in [0, 0.05) is 48.7 Å². The van der Waals surface area contributed by atoms with Crippen molar-refractivity contribution < 1.29 is 14.6 Å². The van der Waals surface area contributed by atoms with Gasteiger partial charge in [0.15, 0.2) is 0 Å². The summed E-state index contributed by atoms with van der Waals surface area (Å²) >= 11 is 0. The molecule has 0 bridgehead atoms. The summed E-state index contributed by atoms with van der Waals surface area (Å²) in [5.74, 6) is 1.26. The van der Waals surface area contributed by atoms with E-state index < -0.39 is 6.09 Å². The van der Waals surface area contributed by atoms with Gasteiger partial charge in [0.2, 0.25) is 0 Å². The maximum atomic E-state index is 11.1. The van der Waals surface area contributed by atoms with Crippen LogP contribution in [0.1, 0.15) is 12.8 Å². The number of nitrogens with one attached hydrogen (secondary N) is 1. The van der Waals surface area contributed by atoms with Gasteiger partial charge in [0.1, 0.15) is 5.75 Å². The maximum Gasteiger partial charge on any atom is 0.407 e. The number of para-hydroxylation sites is 1. The normalized spacial score (nSPS) is 13.8. The quantitative estimate of drug-likeness (QED) is 0.329. The molecule has 1 aromatic heterocycles. The molecule has 1 amide bonds. The first-order valence-corrected chi connectivity index (χ1v) is 13.1. The lowest BCUT2D eigenvalue weighted by Gasteiger charge is -2.40. The molecule has 2 N–H and O–H groups in total. The Balaban J connectivity index is 1.38. The number of benzene rings is 2. The second-order valence-corrected chi connectivity index (χ2v) is 10.1. The summed E-state index contributed by atoms with van der Waals surface area (Å²) in [6.07, 6.45) is 1.31. The van der Waals surface area contributed by atoms with Gasteiger partial charge in [0.25, 0.3) is 0 Å². The summed E-state index contributed by atoms with van der Waals surface area (Å²) in [5, 5.41) is 13.9. The molecule has 1 aliphatic heterocycles. The summed E-state index contributed by atoms with van der Waals surface area (Å²) in [4.78, 5) is 22.2. The Morgan fingerprint density at radius 2 is 1.81 bits per heavy atom. The van der Waals surface area contributed by atoms with Crippen LogP contribution in [0.25, 0.3) is 22.2 Å². The maximum absolute atomic E-state index is 11.1. The van der Waals surface area contributed by atoms with Gasteiger partial charge in [-0.3, -0.25) is 0 Å². The SMILES string of the molecule is COc1ccc(-c2cc(NCCCN(CCCN(C)C)CC3CN(C(=O)O)C3)c3ccccc3n2)cc1. The molecular formula is C29H39N5O3. The van der Waals surface area contributed by atoms with E-state index in [4.69, 9.17) is 14.8 Å². The van der Waals surface area contributed by atoms with Gasteiger partial charge in [-0.1, -0.05) is 18.2 Å². The summed E-state index contributed by atoms with van der Waals surface area (Å²) in [7, 11) is 5.87. The molecule has 1 fully saturated rings. The number of aromatic nitrogens is 1. The standard InChI is InChI=1S/C29H39N5O3/c1-32(2)15-7-17-33(19-22-20-34(21-22)29(35)36)16-6-14-30-28-18-27(23-10-12-24(37-3)13-11-23)31-26-9-5-4-8-25(26)28/h4-5,8-13,18,22H,6-7,14-17,19-21H2,1-3H3,(H,30,31)(H,35,36). The summed E-state index contributed by atoms with van der Waals surface area (Å²) < 4.78 is 5.30. The van der Waals surface area contributed by atoms with Gasteiger partial charge in [-0.25, -0.2) is 9.78 Å². The summed E-state index contributed by atoms with van der Waals surface area (Å²) in [6.45, 7) is 6.17. The highest BCUT2D eigenvalue weighted by Crippen LogP contribution is 2.29. The van der Waals surface area contributed by atoms with Crippen molar-refractivity contribution in [1.29, 1.82) is 0 Å². The number of anilines is 1. The van der Waals surface area contributed by atoms with Crippen molar-refractivity contribution in [2.24, 2.45) is 5.92 Å². The Bertz CT molecular complexity index is 1160. The predicted octanol–water partition coefficient (Wildman–Crippen LogP) is 4.58. The molecule has 3 aromatic rings. The van der Waals surface area contributed by atoms with Gasteiger partial charge >= 0.3 is 6.09 Å². The lowest BCUT2D eigenvalue weighted by Crippen LogP contribution is -2.53. The largest absolute Gasteiger partial charge is 0.497 e. The monoisotopic (exact) mass is 505 g/mol. The van der Waals surface area contributed by atoms with Crippen LogP contribution in [0.2, 0.25) is 0 Å². The molecular weight excluding hydrogens is 466 g/mol. The van der Waals surface area contributed by atoms with Crippen molar-refractivity contribution in [3.05, 3.63) is 54.6 Å². The van der Waals surface area contributed by atoms with E-state index >= 15 is 0 Å². The zero-order chi connectivity index (χ0) is 26.2. The molecule has 1 aliphatic rings. The molecule has 2 aromatic carbocycles. The fraction of sp³-hybridized carbons (Fsp3) is 0.448. The molecule has 0 radical (unpaired) electrons. The molecule has 8 nitrogen and oxygen atoms in total. The molecule has 4 rings (SSSR count). The number of pyridine rings is 1. The average Bonchev–Trinajstić information content (AvgIpc) is 2.87. The number of hydrogen-bond donors (Lipinski definition) is 2. The topological polar surface area (TPSA) is 81.2 Å². The fourth-order valence-corrected chi connectivity index (χ4v) is 4.87. The summed E-state index contributed by atoms with van der Waals surface area (Å²) in [5.41, 5.74) is 4.04. The van der Waals surface area contributed by atoms with Gasteiger partial charge in [-0.2, -0.15) is 0 Å². The van der Waals surface area contributed by atoms with E-state index in [0.717, 1.165) is 79.2 Å². The fourth-order valence-electron chi connectivity index (χ4n) is 4.87. The van der Waals surface area contributed by atoms with Gasteiger partial charge in [0.05, 0.1) is 18.3 Å². The predicted molar refractivity (Wildman–Crippen MR) is 150 cm³/mol. The minimum absolute atomic E-state index is 0.430. The minimum atomic E-state index is -0.807. The lowest BCUT2D eigenvalue weighted by molar-refractivity contribution is 0.0612. The molecule has 198 valence electrons. The Labute approximate surface area is 219 Å². The molecule has 0 saturated carbocycles. The van der Waals surface area contributed by atoms with E-state index in [9.17, 15) is 4.79 Å². The van der Waals surface area contributed by atoms with Crippen molar-refractivity contribution in [3.63, 3.8) is 0 Å². The minimum Gasteiger partial charge on any atom is -0.497 e. The lowest BCUT2D eigenvalue weighted by atomic mass is 10.00. The van der Waals surface area contributed by atoms with E-state index in [-0.39, 0.29) is 0 Å². The van der Waals surface area contributed by atoms with Crippen LogP contribution in [0.15, 0.2) is 54.6 Å². The Kier molecular flexibility index (Phi) is 9.19. The molecule has 0 atom stereocenters. The molecule has 37 heavy (non-hydrogen) atoms. The van der Waals surface area contributed by atoms with Crippen molar-refractivity contribution in [2.75, 3.05) is 72.3 Å². The highest BCUT2D eigenvalue weighted by atomic mass is 16.5. The zero-order valence-electron chi connectivity index (χ0n) is 22.2. The molecule has 0 aliphatic carbocycles. The molecule has 0 spiro atoms. The smallest absolute Gasteiger partial charge is 0.407 e. The summed E-state index contributed by atoms with van der Waals surface area (Å²) in [6, 6.07) is 18.4. The Morgan fingerprint density at radius 1 is 1.08 bits per heavy atom. The van der Waals surface area contributed by atoms with E-state index in [1.165, 1.54) is 4.90 Å². The Hall–Kier alpha value is -3.36. The number of fused-ring (bicyclic) bond motifs is 1. The van der Waals surface area contributed by atoms with Crippen LogP contribution in [0.5, 0.6) is 5.75 Å². The van der Waals surface area contributed by atoms with Crippen LogP contribution in [-0.4, -0.2) is 97.9 Å². The van der Waals surface area contributed by atoms with Crippen LogP contribution in [0.4, 0.5) is 10.5 Å². The van der Waals surface area contributed by atoms with Gasteiger partial charge < -0.3 is 29.9 Å². The van der Waals surface area contributed by atoms with Crippen LogP contribution >= 0.6 is 0 Å². The van der Waals surface area contributed by atoms with Crippen LogP contribution < -0.4 is 10.1 Å². The van der Waals surface area contributed by atoms with Crippen LogP contribution in [0.3, 0.4) is 0 Å². The first kappa shape index (κ1) is 26.7. The number of carboxylic acid groups (broad SMARTS) is 1. The number of methoxy groups -OCH3 is 1. The van der Waals surface area contributed by atoms with Crippen molar-refractivity contribution in [1.82, 2.24) is 19.7 Å². The third-order valence-corrected chi connectivity index (χ3v) is 6.89. The Morgan fingerprint density at radius 3 is 2.51 bits per heavy atom. The van der Waals surface area contributed by atoms with E-state index in [2.05, 4.69) is 47.4 Å². The number of carbonyl (C=O) groups is 1. The number of nitrogens with zero attached hydrogens (tertiary/aromatic N) is 4. The van der Waals surface area contributed by atoms with Gasteiger partial charge in [-0.15, -0.1) is 0 Å². The number of ether oxygens (including phenoxy) is 1. The van der Waals surface area contributed by atoms with Crippen molar-refractivity contribution in [3.8, 4) is 17.0 Å². The van der Waals surface area contributed by atoms with Crippen LogP contribution in [-0.2, 0) is 0 Å². The van der Waals surface area contributed by atoms with Crippen LogP contribution in [0, 0.1) is 5.92 Å². The number of hydrogen-bond acceptors (Lipinski definition) is 6. The first-order valence-electron chi connectivity index (χ1n) is 13.1. The first-order chi connectivity index (χ1) is 17.9. The second kappa shape index (κ2) is 12.7. The third kappa shape index (κ3) is 7.33. The van der Waals surface area contributed by atoms with E-state index in [0.29, 0.717) is 19.0 Å². The highest BCUT2D eigenvalue weighted by Gasteiger charge is 2.31. The van der Waals surface area contributed by atoms with Gasteiger partial charge in [-0.05, 0) is 83.0 Å². The van der Waals surface area contributed by atoms with Crippen molar-refractivity contribution >= 4 is 22.7 Å². The second-order valence-electron chi connectivity index (χ2n) is 10.1. The highest BCUT2D eigenvalue weighted by molar-refractivity contribution is 5.93.